The summed E-state index contributed by atoms with van der Waals surface area (Å²) >= 11 is 0. The number of nitrogens with zero attached hydrogens (tertiary/aromatic N) is 1. The summed E-state index contributed by atoms with van der Waals surface area (Å²) in [6.07, 6.45) is 4.59. The third kappa shape index (κ3) is 6.81. The number of likely N-dealkylation sites (tertiary alicyclic amines) is 1. The molecule has 0 spiro atoms. The highest BCUT2D eigenvalue weighted by Gasteiger charge is 2.18. The first-order chi connectivity index (χ1) is 15.2. The van der Waals surface area contributed by atoms with Crippen molar-refractivity contribution in [2.24, 2.45) is 5.92 Å². The van der Waals surface area contributed by atoms with Gasteiger partial charge < -0.3 is 10.2 Å². The second-order valence-corrected chi connectivity index (χ2v) is 10.6. The number of hydrogen-bond donors (Lipinski definition) is 2. The number of piperidine rings is 1. The first kappa shape index (κ1) is 24.3. The molecule has 1 fully saturated rings. The molecule has 2 aromatic carbocycles. The van der Waals surface area contributed by atoms with Crippen LogP contribution in [0.2, 0.25) is 0 Å². The molecule has 0 aliphatic carbocycles. The zero-order chi connectivity index (χ0) is 23.1. The second kappa shape index (κ2) is 11.0. The van der Waals surface area contributed by atoms with Crippen LogP contribution >= 0.6 is 0 Å². The Morgan fingerprint density at radius 3 is 2.72 bits per heavy atom. The van der Waals surface area contributed by atoms with Gasteiger partial charge in [0.15, 0.2) is 0 Å². The number of benzene rings is 2. The number of aryl methyl sites for hydroxylation is 2. The van der Waals surface area contributed by atoms with Crippen LogP contribution in [0.1, 0.15) is 54.1 Å². The van der Waals surface area contributed by atoms with Crippen molar-refractivity contribution in [3.63, 3.8) is 0 Å². The van der Waals surface area contributed by atoms with Crippen molar-refractivity contribution in [3.05, 3.63) is 59.2 Å². The van der Waals surface area contributed by atoms with Gasteiger partial charge in [-0.2, -0.15) is 0 Å². The maximum absolute atomic E-state index is 12.8. The number of anilines is 1. The molecule has 1 aliphatic rings. The molecule has 3 rings (SSSR count). The molecule has 1 unspecified atom stereocenters. The van der Waals surface area contributed by atoms with Crippen LogP contribution in [0.3, 0.4) is 0 Å². The Morgan fingerprint density at radius 1 is 1.12 bits per heavy atom. The molecule has 1 amide bonds. The summed E-state index contributed by atoms with van der Waals surface area (Å²) in [5.41, 5.74) is 2.36. The predicted octanol–water partition coefficient (Wildman–Crippen LogP) is 4.35. The number of carbonyl (C=O) groups excluding carboxylic acids is 1. The minimum absolute atomic E-state index is 0.190. The van der Waals surface area contributed by atoms with Gasteiger partial charge in [-0.15, -0.1) is 0 Å². The minimum atomic E-state index is -3.73. The van der Waals surface area contributed by atoms with E-state index in [1.807, 2.05) is 13.0 Å². The van der Waals surface area contributed by atoms with Crippen LogP contribution < -0.4 is 10.0 Å². The molecule has 2 N–H and O–H groups in total. The van der Waals surface area contributed by atoms with Gasteiger partial charge in [0, 0.05) is 24.3 Å². The zero-order valence-corrected chi connectivity index (χ0v) is 20.2. The maximum atomic E-state index is 12.8. The van der Waals surface area contributed by atoms with Gasteiger partial charge >= 0.3 is 0 Å². The topological polar surface area (TPSA) is 78.5 Å². The molecule has 0 aromatic heterocycles. The van der Waals surface area contributed by atoms with E-state index < -0.39 is 10.0 Å². The lowest BCUT2D eigenvalue weighted by Crippen LogP contribution is -2.35. The Morgan fingerprint density at radius 2 is 1.94 bits per heavy atom. The van der Waals surface area contributed by atoms with E-state index in [-0.39, 0.29) is 10.8 Å². The van der Waals surface area contributed by atoms with E-state index in [9.17, 15) is 13.2 Å². The predicted molar refractivity (Wildman–Crippen MR) is 130 cm³/mol. The van der Waals surface area contributed by atoms with Crippen LogP contribution in [0.25, 0.3) is 0 Å². The quantitative estimate of drug-likeness (QED) is 0.549. The summed E-state index contributed by atoms with van der Waals surface area (Å²) < 4.78 is 28.3. The van der Waals surface area contributed by atoms with E-state index in [0.717, 1.165) is 30.9 Å². The van der Waals surface area contributed by atoms with Gasteiger partial charge in [0.2, 0.25) is 0 Å². The van der Waals surface area contributed by atoms with Gasteiger partial charge in [0.1, 0.15) is 0 Å². The van der Waals surface area contributed by atoms with E-state index in [2.05, 4.69) is 21.9 Å². The van der Waals surface area contributed by atoms with Crippen LogP contribution in [0.5, 0.6) is 0 Å². The highest BCUT2D eigenvalue weighted by Crippen LogP contribution is 2.21. The SMILES string of the molecule is Cc1ccc(C)c(S(=O)(=O)Nc2cccc(C(=O)NCCCCN3CCCC(C)C3)c2)c1. The monoisotopic (exact) mass is 457 g/mol. The molecule has 0 saturated carbocycles. The molecule has 174 valence electrons. The molecule has 32 heavy (non-hydrogen) atoms. The minimum Gasteiger partial charge on any atom is -0.352 e. The van der Waals surface area contributed by atoms with Crippen molar-refractivity contribution in [2.75, 3.05) is 30.9 Å². The van der Waals surface area contributed by atoms with Gasteiger partial charge in [-0.1, -0.05) is 25.1 Å². The average molecular weight is 458 g/mol. The molecule has 7 heteroatoms. The fraction of sp³-hybridized carbons (Fsp3) is 0.480. The van der Waals surface area contributed by atoms with Gasteiger partial charge in [-0.25, -0.2) is 8.42 Å². The molecule has 1 atom stereocenters. The molecule has 0 bridgehead atoms. The fourth-order valence-electron chi connectivity index (χ4n) is 4.19. The van der Waals surface area contributed by atoms with Crippen molar-refractivity contribution in [1.82, 2.24) is 10.2 Å². The van der Waals surface area contributed by atoms with Crippen LogP contribution in [0.15, 0.2) is 47.4 Å². The fourth-order valence-corrected chi connectivity index (χ4v) is 5.57. The first-order valence-electron chi connectivity index (χ1n) is 11.5. The Balaban J connectivity index is 1.51. The number of hydrogen-bond acceptors (Lipinski definition) is 4. The van der Waals surface area contributed by atoms with Crippen LogP contribution in [0.4, 0.5) is 5.69 Å². The molecular formula is C25H35N3O3S. The van der Waals surface area contributed by atoms with Crippen molar-refractivity contribution < 1.29 is 13.2 Å². The van der Waals surface area contributed by atoms with Crippen LogP contribution in [-0.4, -0.2) is 45.4 Å². The Hall–Kier alpha value is -2.38. The Bertz CT molecular complexity index is 1040. The van der Waals surface area contributed by atoms with Gasteiger partial charge in [0.25, 0.3) is 15.9 Å². The summed E-state index contributed by atoms with van der Waals surface area (Å²) in [6, 6.07) is 11.9. The highest BCUT2D eigenvalue weighted by atomic mass is 32.2. The third-order valence-electron chi connectivity index (χ3n) is 5.94. The Kier molecular flexibility index (Phi) is 8.32. The maximum Gasteiger partial charge on any atom is 0.262 e. The summed E-state index contributed by atoms with van der Waals surface area (Å²) in [5.74, 6) is 0.590. The lowest BCUT2D eigenvalue weighted by molar-refractivity contribution is 0.0952. The summed E-state index contributed by atoms with van der Waals surface area (Å²) in [4.78, 5) is 15.3. The van der Waals surface area contributed by atoms with Gasteiger partial charge in [-0.05, 0) is 93.9 Å². The number of rotatable bonds is 9. The van der Waals surface area contributed by atoms with Gasteiger partial charge in [0.05, 0.1) is 4.90 Å². The molecule has 1 saturated heterocycles. The molecule has 6 nitrogen and oxygen atoms in total. The molecule has 2 aromatic rings. The number of carbonyl (C=O) groups is 1. The van der Waals surface area contributed by atoms with E-state index >= 15 is 0 Å². The van der Waals surface area contributed by atoms with E-state index in [0.29, 0.717) is 23.4 Å². The van der Waals surface area contributed by atoms with Crippen molar-refractivity contribution in [1.29, 1.82) is 0 Å². The molecule has 1 aliphatic heterocycles. The number of sulfonamides is 1. The van der Waals surface area contributed by atoms with Crippen molar-refractivity contribution in [2.45, 2.75) is 51.3 Å². The zero-order valence-electron chi connectivity index (χ0n) is 19.4. The standard InChI is InChI=1S/C25H35N3O3S/c1-19-11-12-21(3)24(16-19)32(30,31)27-23-10-6-9-22(17-23)25(29)26-13-4-5-14-28-15-7-8-20(2)18-28/h6,9-12,16-17,20,27H,4-5,7-8,13-15,18H2,1-3H3,(H,26,29). The molecular weight excluding hydrogens is 422 g/mol. The molecule has 0 radical (unpaired) electrons. The largest absolute Gasteiger partial charge is 0.352 e. The lowest BCUT2D eigenvalue weighted by atomic mass is 10.0. The second-order valence-electron chi connectivity index (χ2n) is 8.97. The Labute approximate surface area is 192 Å². The van der Waals surface area contributed by atoms with E-state index in [4.69, 9.17) is 0 Å². The summed E-state index contributed by atoms with van der Waals surface area (Å²) in [5, 5.41) is 2.95. The normalized spacial score (nSPS) is 17.2. The van der Waals surface area contributed by atoms with E-state index in [1.54, 1.807) is 43.3 Å². The van der Waals surface area contributed by atoms with Crippen molar-refractivity contribution >= 4 is 21.6 Å². The first-order valence-corrected chi connectivity index (χ1v) is 12.9. The average Bonchev–Trinajstić information content (AvgIpc) is 2.75. The van der Waals surface area contributed by atoms with Crippen LogP contribution in [0, 0.1) is 19.8 Å². The van der Waals surface area contributed by atoms with E-state index in [1.165, 1.54) is 25.9 Å². The highest BCUT2D eigenvalue weighted by molar-refractivity contribution is 7.92. The number of amides is 1. The van der Waals surface area contributed by atoms with Gasteiger partial charge in [-0.3, -0.25) is 9.52 Å². The number of nitrogens with one attached hydrogen (secondary N) is 2. The summed E-state index contributed by atoms with van der Waals surface area (Å²) in [7, 11) is -3.73. The smallest absolute Gasteiger partial charge is 0.262 e. The van der Waals surface area contributed by atoms with Crippen LogP contribution in [-0.2, 0) is 10.0 Å². The lowest BCUT2D eigenvalue weighted by Gasteiger charge is -2.30. The summed E-state index contributed by atoms with van der Waals surface area (Å²) in [6.45, 7) is 9.98. The molecule has 1 heterocycles. The third-order valence-corrected chi connectivity index (χ3v) is 7.46. The van der Waals surface area contributed by atoms with Crippen molar-refractivity contribution in [3.8, 4) is 0 Å². The number of unbranched alkanes of at least 4 members (excludes halogenated alkanes) is 1.